The first-order valence-electron chi connectivity index (χ1n) is 7.82. The van der Waals surface area contributed by atoms with Gasteiger partial charge in [0.05, 0.1) is 21.3 Å². The molecule has 134 valence electrons. The summed E-state index contributed by atoms with van der Waals surface area (Å²) in [7, 11) is 4.63. The van der Waals surface area contributed by atoms with Gasteiger partial charge in [0.25, 0.3) is 5.91 Å². The lowest BCUT2D eigenvalue weighted by Crippen LogP contribution is -2.13. The number of nitrogens with zero attached hydrogens (tertiary/aromatic N) is 1. The maximum absolute atomic E-state index is 12.4. The summed E-state index contributed by atoms with van der Waals surface area (Å²) in [6.07, 6.45) is 1.53. The number of ether oxygens (including phenoxy) is 3. The van der Waals surface area contributed by atoms with Gasteiger partial charge in [-0.05, 0) is 48.4 Å². The van der Waals surface area contributed by atoms with Crippen molar-refractivity contribution in [1.29, 1.82) is 5.26 Å². The van der Waals surface area contributed by atoms with Gasteiger partial charge in [0, 0.05) is 11.8 Å². The number of nitrogens with one attached hydrogen (secondary N) is 1. The van der Waals surface area contributed by atoms with Gasteiger partial charge in [0.2, 0.25) is 0 Å². The molecule has 0 fully saturated rings. The fourth-order valence-electron chi connectivity index (χ4n) is 2.42. The number of anilines is 1. The Morgan fingerprint density at radius 2 is 1.65 bits per heavy atom. The lowest BCUT2D eigenvalue weighted by Gasteiger charge is -2.10. The molecule has 0 aliphatic carbocycles. The number of carbonyl (C=O) groups excluding carboxylic acids is 1. The van der Waals surface area contributed by atoms with E-state index in [4.69, 9.17) is 14.2 Å². The first kappa shape index (κ1) is 18.9. The van der Waals surface area contributed by atoms with Crippen molar-refractivity contribution in [3.63, 3.8) is 0 Å². The Morgan fingerprint density at radius 3 is 2.23 bits per heavy atom. The van der Waals surface area contributed by atoms with Crippen molar-refractivity contribution < 1.29 is 19.0 Å². The Hall–Kier alpha value is -3.46. The Labute approximate surface area is 152 Å². The van der Waals surface area contributed by atoms with E-state index in [9.17, 15) is 10.1 Å². The second kappa shape index (κ2) is 8.58. The lowest BCUT2D eigenvalue weighted by atomic mass is 10.1. The van der Waals surface area contributed by atoms with Crippen LogP contribution in [-0.2, 0) is 4.79 Å². The van der Waals surface area contributed by atoms with Crippen LogP contribution in [0.1, 0.15) is 11.1 Å². The number of amides is 1. The molecule has 0 bridgehead atoms. The minimum atomic E-state index is -0.506. The molecule has 0 atom stereocenters. The molecule has 0 saturated heterocycles. The second-order valence-electron chi connectivity index (χ2n) is 5.42. The molecule has 2 aromatic carbocycles. The summed E-state index contributed by atoms with van der Waals surface area (Å²) in [5, 5.41) is 12.0. The molecule has 6 heteroatoms. The minimum Gasteiger partial charge on any atom is -0.496 e. The van der Waals surface area contributed by atoms with E-state index >= 15 is 0 Å². The fourth-order valence-corrected chi connectivity index (χ4v) is 2.42. The van der Waals surface area contributed by atoms with Crippen molar-refractivity contribution in [2.24, 2.45) is 0 Å². The summed E-state index contributed by atoms with van der Waals surface area (Å²) in [5.74, 6) is 1.28. The number of methoxy groups -OCH3 is 3. The molecule has 26 heavy (non-hydrogen) atoms. The predicted molar refractivity (Wildman–Crippen MR) is 99.5 cm³/mol. The minimum absolute atomic E-state index is 0.00986. The number of carbonyl (C=O) groups is 1. The van der Waals surface area contributed by atoms with Crippen LogP contribution in [-0.4, -0.2) is 27.2 Å². The molecular weight excluding hydrogens is 332 g/mol. The zero-order valence-electron chi connectivity index (χ0n) is 15.1. The monoisotopic (exact) mass is 352 g/mol. The number of nitriles is 1. The zero-order chi connectivity index (χ0) is 19.1. The Bertz CT molecular complexity index is 882. The van der Waals surface area contributed by atoms with E-state index in [0.29, 0.717) is 17.2 Å². The SMILES string of the molecule is COc1ccc(/C=C(\C#N)C(=O)Nc2ccc(OC)c(OC)c2)cc1C. The van der Waals surface area contributed by atoms with Crippen LogP contribution in [0.5, 0.6) is 17.2 Å². The van der Waals surface area contributed by atoms with Crippen molar-refractivity contribution in [1.82, 2.24) is 0 Å². The fraction of sp³-hybridized carbons (Fsp3) is 0.200. The van der Waals surface area contributed by atoms with Crippen LogP contribution >= 0.6 is 0 Å². The number of aryl methyl sites for hydroxylation is 1. The van der Waals surface area contributed by atoms with E-state index in [0.717, 1.165) is 16.9 Å². The van der Waals surface area contributed by atoms with Crippen LogP contribution < -0.4 is 19.5 Å². The molecule has 0 aliphatic rings. The summed E-state index contributed by atoms with van der Waals surface area (Å²) < 4.78 is 15.6. The Morgan fingerprint density at radius 1 is 1.00 bits per heavy atom. The van der Waals surface area contributed by atoms with Crippen molar-refractivity contribution >= 4 is 17.7 Å². The topological polar surface area (TPSA) is 80.6 Å². The molecule has 0 radical (unpaired) electrons. The van der Waals surface area contributed by atoms with Gasteiger partial charge in [0.1, 0.15) is 17.4 Å². The summed E-state index contributed by atoms with van der Waals surface area (Å²) in [4.78, 5) is 12.4. The number of hydrogen-bond donors (Lipinski definition) is 1. The molecule has 6 nitrogen and oxygen atoms in total. The van der Waals surface area contributed by atoms with Gasteiger partial charge < -0.3 is 19.5 Å². The average Bonchev–Trinajstić information content (AvgIpc) is 2.65. The summed E-state index contributed by atoms with van der Waals surface area (Å²) in [5.41, 5.74) is 2.14. The number of hydrogen-bond acceptors (Lipinski definition) is 5. The lowest BCUT2D eigenvalue weighted by molar-refractivity contribution is -0.112. The van der Waals surface area contributed by atoms with Gasteiger partial charge in [-0.25, -0.2) is 0 Å². The highest BCUT2D eigenvalue weighted by Gasteiger charge is 2.12. The molecule has 0 unspecified atom stereocenters. The van der Waals surface area contributed by atoms with Gasteiger partial charge in [-0.2, -0.15) is 5.26 Å². The highest BCUT2D eigenvalue weighted by Crippen LogP contribution is 2.30. The van der Waals surface area contributed by atoms with Crippen LogP contribution in [0, 0.1) is 18.3 Å². The van der Waals surface area contributed by atoms with E-state index in [1.807, 2.05) is 19.1 Å². The molecule has 1 N–H and O–H groups in total. The van der Waals surface area contributed by atoms with E-state index < -0.39 is 5.91 Å². The normalized spacial score (nSPS) is 10.7. The van der Waals surface area contributed by atoms with Gasteiger partial charge >= 0.3 is 0 Å². The van der Waals surface area contributed by atoms with Crippen molar-refractivity contribution in [3.8, 4) is 23.3 Å². The maximum Gasteiger partial charge on any atom is 0.266 e. The van der Waals surface area contributed by atoms with Crippen molar-refractivity contribution in [2.45, 2.75) is 6.92 Å². The van der Waals surface area contributed by atoms with E-state index in [-0.39, 0.29) is 5.57 Å². The summed E-state index contributed by atoms with van der Waals surface area (Å²) in [6, 6.07) is 12.3. The molecule has 0 aromatic heterocycles. The largest absolute Gasteiger partial charge is 0.496 e. The first-order valence-corrected chi connectivity index (χ1v) is 7.82. The van der Waals surface area contributed by atoms with Crippen LogP contribution in [0.15, 0.2) is 42.0 Å². The molecule has 2 aromatic rings. The van der Waals surface area contributed by atoms with E-state index in [1.54, 1.807) is 37.4 Å². The van der Waals surface area contributed by atoms with Crippen molar-refractivity contribution in [2.75, 3.05) is 26.6 Å². The van der Waals surface area contributed by atoms with E-state index in [1.165, 1.54) is 20.3 Å². The van der Waals surface area contributed by atoms with Gasteiger partial charge in [-0.15, -0.1) is 0 Å². The third-order valence-corrected chi connectivity index (χ3v) is 3.74. The second-order valence-corrected chi connectivity index (χ2v) is 5.42. The Balaban J connectivity index is 2.24. The molecule has 1 amide bonds. The van der Waals surface area contributed by atoms with Crippen LogP contribution in [0.25, 0.3) is 6.08 Å². The van der Waals surface area contributed by atoms with Crippen molar-refractivity contribution in [3.05, 3.63) is 53.1 Å². The highest BCUT2D eigenvalue weighted by atomic mass is 16.5. The third-order valence-electron chi connectivity index (χ3n) is 3.74. The quantitative estimate of drug-likeness (QED) is 0.635. The summed E-state index contributed by atoms with van der Waals surface area (Å²) >= 11 is 0. The van der Waals surface area contributed by atoms with E-state index in [2.05, 4.69) is 5.32 Å². The highest BCUT2D eigenvalue weighted by molar-refractivity contribution is 6.09. The maximum atomic E-state index is 12.4. The Kier molecular flexibility index (Phi) is 6.23. The molecule has 0 spiro atoms. The van der Waals surface area contributed by atoms with Gasteiger partial charge in [0.15, 0.2) is 11.5 Å². The van der Waals surface area contributed by atoms with Crippen LogP contribution in [0.2, 0.25) is 0 Å². The molecule has 0 heterocycles. The predicted octanol–water partition coefficient (Wildman–Crippen LogP) is 3.57. The number of rotatable bonds is 6. The van der Waals surface area contributed by atoms with Crippen LogP contribution in [0.3, 0.4) is 0 Å². The smallest absolute Gasteiger partial charge is 0.266 e. The summed E-state index contributed by atoms with van der Waals surface area (Å²) in [6.45, 7) is 1.89. The van der Waals surface area contributed by atoms with Gasteiger partial charge in [-0.1, -0.05) is 6.07 Å². The zero-order valence-corrected chi connectivity index (χ0v) is 15.1. The number of benzene rings is 2. The first-order chi connectivity index (χ1) is 12.5. The standard InChI is InChI=1S/C20H20N2O4/c1-13-9-14(5-7-17(13)24-2)10-15(12-21)20(23)22-16-6-8-18(25-3)19(11-16)26-4/h5-11H,1-4H3,(H,22,23)/b15-10+. The van der Waals surface area contributed by atoms with Gasteiger partial charge in [-0.3, -0.25) is 4.79 Å². The molecular formula is C20H20N2O4. The third kappa shape index (κ3) is 4.33. The molecule has 0 saturated carbocycles. The molecule has 2 rings (SSSR count). The average molecular weight is 352 g/mol. The van der Waals surface area contributed by atoms with Crippen LogP contribution in [0.4, 0.5) is 5.69 Å². The molecule has 0 aliphatic heterocycles.